The largest absolute Gasteiger partial charge is 0.349 e. The van der Waals surface area contributed by atoms with Crippen molar-refractivity contribution in [1.29, 1.82) is 0 Å². The number of nitrogens with one attached hydrogen (secondary N) is 2. The minimum Gasteiger partial charge on any atom is -0.349 e. The highest BCUT2D eigenvalue weighted by atomic mass is 35.5. The molecule has 1 aliphatic rings. The first-order chi connectivity index (χ1) is 14.5. The highest BCUT2D eigenvalue weighted by molar-refractivity contribution is 6.34. The second kappa shape index (κ2) is 8.69. The van der Waals surface area contributed by atoms with Gasteiger partial charge in [-0.25, -0.2) is 0 Å². The number of amides is 2. The first-order valence-corrected chi connectivity index (χ1v) is 10.2. The zero-order chi connectivity index (χ0) is 21.1. The van der Waals surface area contributed by atoms with E-state index in [1.165, 1.54) is 0 Å². The third-order valence-electron chi connectivity index (χ3n) is 5.07. The molecule has 0 aliphatic heterocycles. The number of anilines is 1. The van der Waals surface area contributed by atoms with Gasteiger partial charge in [-0.05, 0) is 53.8 Å². The minimum absolute atomic E-state index is 0.152. The molecule has 3 aromatic carbocycles. The van der Waals surface area contributed by atoms with Gasteiger partial charge in [-0.2, -0.15) is 0 Å². The minimum atomic E-state index is -0.354. The maximum atomic E-state index is 13.0. The van der Waals surface area contributed by atoms with Crippen molar-refractivity contribution in [1.82, 2.24) is 5.32 Å². The molecule has 5 nitrogen and oxygen atoms in total. The standard InChI is InChI=1S/C24H22ClN3O2/c25-21-11-8-16(15-4-2-1-3-5-15)12-20(21)24(30)28-22-13-17(6-7-18(22)14-26)23(29)27-19-9-10-19/h1-8,11-13,19H,9-10,14,26H2,(H,27,29)(H,28,30). The van der Waals surface area contributed by atoms with Gasteiger partial charge in [0.2, 0.25) is 0 Å². The normalized spacial score (nSPS) is 13.0. The fourth-order valence-electron chi connectivity index (χ4n) is 3.21. The molecule has 0 saturated heterocycles. The Labute approximate surface area is 180 Å². The molecule has 0 spiro atoms. The van der Waals surface area contributed by atoms with E-state index in [1.54, 1.807) is 30.3 Å². The monoisotopic (exact) mass is 419 g/mol. The lowest BCUT2D eigenvalue weighted by Gasteiger charge is -2.14. The van der Waals surface area contributed by atoms with Crippen LogP contribution in [-0.2, 0) is 6.54 Å². The number of halogens is 1. The maximum Gasteiger partial charge on any atom is 0.257 e. The average molecular weight is 420 g/mol. The first kappa shape index (κ1) is 20.1. The van der Waals surface area contributed by atoms with Crippen molar-refractivity contribution in [3.8, 4) is 11.1 Å². The average Bonchev–Trinajstić information content (AvgIpc) is 3.58. The molecule has 1 saturated carbocycles. The molecule has 0 aromatic heterocycles. The molecule has 152 valence electrons. The third kappa shape index (κ3) is 4.53. The number of hydrogen-bond acceptors (Lipinski definition) is 3. The Morgan fingerprint density at radius 2 is 1.70 bits per heavy atom. The summed E-state index contributed by atoms with van der Waals surface area (Å²) >= 11 is 6.31. The molecule has 0 unspecified atom stereocenters. The maximum absolute atomic E-state index is 13.0. The van der Waals surface area contributed by atoms with Gasteiger partial charge in [0, 0.05) is 23.8 Å². The van der Waals surface area contributed by atoms with Gasteiger partial charge in [0.1, 0.15) is 0 Å². The SMILES string of the molecule is NCc1ccc(C(=O)NC2CC2)cc1NC(=O)c1cc(-c2ccccc2)ccc1Cl. The lowest BCUT2D eigenvalue weighted by Crippen LogP contribution is -2.25. The van der Waals surface area contributed by atoms with Crippen molar-refractivity contribution < 1.29 is 9.59 Å². The van der Waals surface area contributed by atoms with Gasteiger partial charge in [0.25, 0.3) is 11.8 Å². The van der Waals surface area contributed by atoms with Gasteiger partial charge in [-0.1, -0.05) is 54.1 Å². The van der Waals surface area contributed by atoms with Gasteiger partial charge in [0.15, 0.2) is 0 Å². The molecule has 0 atom stereocenters. The molecular weight excluding hydrogens is 398 g/mol. The van der Waals surface area contributed by atoms with Gasteiger partial charge >= 0.3 is 0 Å². The summed E-state index contributed by atoms with van der Waals surface area (Å²) in [6, 6.07) is 20.5. The lowest BCUT2D eigenvalue weighted by atomic mass is 10.0. The van der Waals surface area contributed by atoms with E-state index >= 15 is 0 Å². The van der Waals surface area contributed by atoms with Crippen molar-refractivity contribution in [2.75, 3.05) is 5.32 Å². The molecule has 4 N–H and O–H groups in total. The van der Waals surface area contributed by atoms with E-state index in [-0.39, 0.29) is 24.4 Å². The highest BCUT2D eigenvalue weighted by Crippen LogP contribution is 2.27. The second-order valence-corrected chi connectivity index (χ2v) is 7.75. The van der Waals surface area contributed by atoms with Crippen molar-refractivity contribution in [3.63, 3.8) is 0 Å². The molecule has 0 heterocycles. The van der Waals surface area contributed by atoms with Crippen LogP contribution in [0.2, 0.25) is 5.02 Å². The molecule has 2 amide bonds. The van der Waals surface area contributed by atoms with Crippen molar-refractivity contribution >= 4 is 29.1 Å². The van der Waals surface area contributed by atoms with Gasteiger partial charge in [-0.15, -0.1) is 0 Å². The predicted molar refractivity (Wildman–Crippen MR) is 120 cm³/mol. The summed E-state index contributed by atoms with van der Waals surface area (Å²) in [5, 5.41) is 6.18. The van der Waals surface area contributed by atoms with E-state index in [9.17, 15) is 9.59 Å². The van der Waals surface area contributed by atoms with Crippen molar-refractivity contribution in [3.05, 3.63) is 88.4 Å². The van der Waals surface area contributed by atoms with Crippen LogP contribution in [0.15, 0.2) is 66.7 Å². The fraction of sp³-hybridized carbons (Fsp3) is 0.167. The Kier molecular flexibility index (Phi) is 5.84. The van der Waals surface area contributed by atoms with Crippen LogP contribution in [0.4, 0.5) is 5.69 Å². The van der Waals surface area contributed by atoms with Gasteiger partial charge in [0.05, 0.1) is 10.6 Å². The van der Waals surface area contributed by atoms with E-state index in [1.807, 2.05) is 36.4 Å². The van der Waals surface area contributed by atoms with Crippen molar-refractivity contribution in [2.45, 2.75) is 25.4 Å². The van der Waals surface area contributed by atoms with Crippen molar-refractivity contribution in [2.24, 2.45) is 5.73 Å². The molecule has 1 aliphatic carbocycles. The quantitative estimate of drug-likeness (QED) is 0.545. The van der Waals surface area contributed by atoms with Gasteiger partial charge in [-0.3, -0.25) is 9.59 Å². The molecule has 1 fully saturated rings. The lowest BCUT2D eigenvalue weighted by molar-refractivity contribution is 0.0949. The van der Waals surface area contributed by atoms with Crippen LogP contribution in [-0.4, -0.2) is 17.9 Å². The zero-order valence-electron chi connectivity index (χ0n) is 16.3. The topological polar surface area (TPSA) is 84.2 Å². The number of hydrogen-bond donors (Lipinski definition) is 3. The molecular formula is C24H22ClN3O2. The van der Waals surface area contributed by atoms with Crippen LogP contribution < -0.4 is 16.4 Å². The van der Waals surface area contributed by atoms with Crippen LogP contribution in [0, 0.1) is 0 Å². The van der Waals surface area contributed by atoms with E-state index in [2.05, 4.69) is 10.6 Å². The number of carbonyl (C=O) groups is 2. The van der Waals surface area contributed by atoms with Crippen LogP contribution in [0.25, 0.3) is 11.1 Å². The fourth-order valence-corrected chi connectivity index (χ4v) is 3.41. The summed E-state index contributed by atoms with van der Waals surface area (Å²) in [6.45, 7) is 0.234. The number of nitrogens with two attached hydrogens (primary N) is 1. The highest BCUT2D eigenvalue weighted by Gasteiger charge is 2.24. The van der Waals surface area contributed by atoms with Crippen LogP contribution in [0.1, 0.15) is 39.1 Å². The molecule has 3 aromatic rings. The zero-order valence-corrected chi connectivity index (χ0v) is 17.1. The summed E-state index contributed by atoms with van der Waals surface area (Å²) in [6.07, 6.45) is 2.01. The van der Waals surface area contributed by atoms with Crippen LogP contribution in [0.3, 0.4) is 0 Å². The molecule has 0 bridgehead atoms. The predicted octanol–water partition coefficient (Wildman–Crippen LogP) is 4.61. The summed E-state index contributed by atoms with van der Waals surface area (Å²) in [7, 11) is 0. The number of carbonyl (C=O) groups excluding carboxylic acids is 2. The Balaban J connectivity index is 1.61. The second-order valence-electron chi connectivity index (χ2n) is 7.34. The molecule has 30 heavy (non-hydrogen) atoms. The Morgan fingerprint density at radius 3 is 2.40 bits per heavy atom. The molecule has 4 rings (SSSR count). The van der Waals surface area contributed by atoms with E-state index < -0.39 is 0 Å². The molecule has 0 radical (unpaired) electrons. The summed E-state index contributed by atoms with van der Waals surface area (Å²) in [5.74, 6) is -0.507. The molecule has 6 heteroatoms. The smallest absolute Gasteiger partial charge is 0.257 e. The summed E-state index contributed by atoms with van der Waals surface area (Å²) in [5.41, 5.74) is 9.80. The third-order valence-corrected chi connectivity index (χ3v) is 5.40. The Morgan fingerprint density at radius 1 is 0.933 bits per heavy atom. The van der Waals surface area contributed by atoms with Crippen LogP contribution in [0.5, 0.6) is 0 Å². The number of benzene rings is 3. The first-order valence-electron chi connectivity index (χ1n) is 9.85. The van der Waals surface area contributed by atoms with E-state index in [0.29, 0.717) is 21.8 Å². The Hall–Kier alpha value is -3.15. The van der Waals surface area contributed by atoms with E-state index in [4.69, 9.17) is 17.3 Å². The Bertz CT molecular complexity index is 1090. The summed E-state index contributed by atoms with van der Waals surface area (Å²) < 4.78 is 0. The summed E-state index contributed by atoms with van der Waals surface area (Å²) in [4.78, 5) is 25.4. The number of rotatable bonds is 6. The van der Waals surface area contributed by atoms with E-state index in [0.717, 1.165) is 29.5 Å². The van der Waals surface area contributed by atoms with Crippen LogP contribution >= 0.6 is 11.6 Å². The van der Waals surface area contributed by atoms with Gasteiger partial charge < -0.3 is 16.4 Å².